The van der Waals surface area contributed by atoms with Gasteiger partial charge in [0.05, 0.1) is 13.2 Å². The van der Waals surface area contributed by atoms with Gasteiger partial charge in [0.1, 0.15) is 17.5 Å². The number of benzene rings is 3. The van der Waals surface area contributed by atoms with E-state index >= 15 is 0 Å². The third-order valence-electron chi connectivity index (χ3n) is 5.20. The summed E-state index contributed by atoms with van der Waals surface area (Å²) in [4.78, 5) is 0. The first-order valence-electron chi connectivity index (χ1n) is 11.8. The molecule has 5 heteroatoms. The van der Waals surface area contributed by atoms with Gasteiger partial charge in [-0.3, -0.25) is 0 Å². The second kappa shape index (κ2) is 15.4. The molecule has 0 bridgehead atoms. The van der Waals surface area contributed by atoms with Crippen molar-refractivity contribution in [1.29, 1.82) is 0 Å². The number of halogens is 3. The van der Waals surface area contributed by atoms with Crippen molar-refractivity contribution in [2.45, 2.75) is 61.7 Å². The molecule has 0 aromatic heterocycles. The molecule has 192 valence electrons. The van der Waals surface area contributed by atoms with Crippen LogP contribution in [0.5, 0.6) is 0 Å². The largest absolute Gasteiger partial charge is 0.353 e. The highest BCUT2D eigenvalue weighted by molar-refractivity contribution is 5.24. The highest BCUT2D eigenvalue weighted by atomic mass is 19.1. The van der Waals surface area contributed by atoms with Gasteiger partial charge >= 0.3 is 0 Å². The Morgan fingerprint density at radius 2 is 0.971 bits per heavy atom. The van der Waals surface area contributed by atoms with Crippen LogP contribution in [-0.2, 0) is 9.47 Å². The molecule has 0 saturated carbocycles. The molecule has 0 aliphatic carbocycles. The first kappa shape index (κ1) is 30.4. The van der Waals surface area contributed by atoms with E-state index in [0.717, 1.165) is 18.8 Å². The van der Waals surface area contributed by atoms with Gasteiger partial charge in [-0.1, -0.05) is 54.4 Å². The standard InChI is InChI=1S/C8H8F2.C8H9F.C8H10.C6H12O2/c1-5-3-7(9)6(2)8(10)4-5;1-6-3-4-7(2)8(9)5-6;1-7-3-5-8(2)6-4-7;1-5-3-7-6(2)8-4-5/h3-4H,1-2H3;3-5H,1-2H3;3-6H,1-2H3;5-6H,3-4H2,1-2H3. The molecule has 1 fully saturated rings. The Labute approximate surface area is 209 Å². The summed E-state index contributed by atoms with van der Waals surface area (Å²) in [5.41, 5.74) is 5.04. The summed E-state index contributed by atoms with van der Waals surface area (Å²) in [7, 11) is 0. The van der Waals surface area contributed by atoms with Gasteiger partial charge in [-0.15, -0.1) is 0 Å². The van der Waals surface area contributed by atoms with Crippen molar-refractivity contribution in [3.8, 4) is 0 Å². The number of hydrogen-bond donors (Lipinski definition) is 0. The fourth-order valence-electron chi connectivity index (χ4n) is 2.80. The quantitative estimate of drug-likeness (QED) is 0.317. The Morgan fingerprint density at radius 3 is 1.34 bits per heavy atom. The van der Waals surface area contributed by atoms with Gasteiger partial charge in [-0.05, 0) is 83.4 Å². The van der Waals surface area contributed by atoms with E-state index in [1.165, 1.54) is 36.2 Å². The molecule has 3 aromatic rings. The molecule has 1 heterocycles. The number of rotatable bonds is 0. The minimum Gasteiger partial charge on any atom is -0.353 e. The van der Waals surface area contributed by atoms with E-state index in [2.05, 4.69) is 45.0 Å². The Kier molecular flexibility index (Phi) is 13.4. The van der Waals surface area contributed by atoms with Gasteiger partial charge in [-0.2, -0.15) is 0 Å². The monoisotopic (exact) mass is 488 g/mol. The molecule has 1 aliphatic heterocycles. The zero-order valence-electron chi connectivity index (χ0n) is 22.2. The van der Waals surface area contributed by atoms with Crippen molar-refractivity contribution in [2.24, 2.45) is 5.92 Å². The highest BCUT2D eigenvalue weighted by Crippen LogP contribution is 2.13. The van der Waals surface area contributed by atoms with Crippen molar-refractivity contribution in [2.75, 3.05) is 13.2 Å². The molecular weight excluding hydrogens is 449 g/mol. The van der Waals surface area contributed by atoms with E-state index in [9.17, 15) is 13.2 Å². The van der Waals surface area contributed by atoms with E-state index in [0.29, 0.717) is 17.0 Å². The third kappa shape index (κ3) is 12.6. The summed E-state index contributed by atoms with van der Waals surface area (Å²) in [5, 5.41) is 0. The van der Waals surface area contributed by atoms with Gasteiger partial charge < -0.3 is 9.47 Å². The van der Waals surface area contributed by atoms with Crippen LogP contribution in [0.15, 0.2) is 54.6 Å². The van der Waals surface area contributed by atoms with Crippen molar-refractivity contribution in [3.05, 3.63) is 105 Å². The molecule has 0 N–H and O–H groups in total. The predicted octanol–water partition coefficient (Wildman–Crippen LogP) is 8.34. The number of ether oxygens (including phenoxy) is 2. The summed E-state index contributed by atoms with van der Waals surface area (Å²) >= 11 is 0. The van der Waals surface area contributed by atoms with Crippen LogP contribution in [0, 0.1) is 64.9 Å². The zero-order chi connectivity index (χ0) is 26.5. The van der Waals surface area contributed by atoms with Crippen LogP contribution in [0.4, 0.5) is 13.2 Å². The topological polar surface area (TPSA) is 18.5 Å². The number of aryl methyl sites for hydroxylation is 5. The average Bonchev–Trinajstić information content (AvgIpc) is 2.80. The number of hydrogen-bond acceptors (Lipinski definition) is 2. The smallest absolute Gasteiger partial charge is 0.154 e. The molecule has 3 aromatic carbocycles. The molecule has 35 heavy (non-hydrogen) atoms. The fraction of sp³-hybridized carbons (Fsp3) is 0.400. The third-order valence-corrected chi connectivity index (χ3v) is 5.20. The second-order valence-corrected chi connectivity index (χ2v) is 9.10. The van der Waals surface area contributed by atoms with Crippen LogP contribution in [0.25, 0.3) is 0 Å². The van der Waals surface area contributed by atoms with E-state index in [1.54, 1.807) is 19.9 Å². The van der Waals surface area contributed by atoms with Gasteiger partial charge in [0.25, 0.3) is 0 Å². The van der Waals surface area contributed by atoms with Gasteiger partial charge in [0.2, 0.25) is 0 Å². The van der Waals surface area contributed by atoms with E-state index in [-0.39, 0.29) is 17.7 Å². The van der Waals surface area contributed by atoms with Crippen LogP contribution >= 0.6 is 0 Å². The summed E-state index contributed by atoms with van der Waals surface area (Å²) in [6.07, 6.45) is 0.0196. The molecule has 1 saturated heterocycles. The fourth-order valence-corrected chi connectivity index (χ4v) is 2.80. The van der Waals surface area contributed by atoms with Crippen molar-refractivity contribution in [3.63, 3.8) is 0 Å². The maximum absolute atomic E-state index is 12.6. The first-order valence-corrected chi connectivity index (χ1v) is 11.8. The van der Waals surface area contributed by atoms with Gasteiger partial charge in [-0.25, -0.2) is 13.2 Å². The molecule has 1 aliphatic rings. The van der Waals surface area contributed by atoms with Crippen LogP contribution in [-0.4, -0.2) is 19.5 Å². The van der Waals surface area contributed by atoms with Gasteiger partial charge in [0, 0.05) is 11.5 Å². The maximum atomic E-state index is 12.6. The lowest BCUT2D eigenvalue weighted by atomic mass is 10.1. The Bertz CT molecular complexity index is 970. The molecule has 4 rings (SSSR count). The minimum atomic E-state index is -0.475. The lowest BCUT2D eigenvalue weighted by molar-refractivity contribution is -0.187. The molecule has 0 radical (unpaired) electrons. The summed E-state index contributed by atoms with van der Waals surface area (Å²) in [6.45, 7) is 16.6. The van der Waals surface area contributed by atoms with E-state index in [1.807, 2.05) is 19.9 Å². The molecule has 0 unspecified atom stereocenters. The predicted molar refractivity (Wildman–Crippen MR) is 138 cm³/mol. The summed E-state index contributed by atoms with van der Waals surface area (Å²) in [6, 6.07) is 16.3. The van der Waals surface area contributed by atoms with E-state index < -0.39 is 11.6 Å². The molecule has 0 amide bonds. The van der Waals surface area contributed by atoms with Crippen LogP contribution < -0.4 is 0 Å². The molecular formula is C30H39F3O2. The lowest BCUT2D eigenvalue weighted by Crippen LogP contribution is -2.27. The zero-order valence-corrected chi connectivity index (χ0v) is 22.2. The first-order chi connectivity index (χ1) is 16.4. The van der Waals surface area contributed by atoms with Crippen LogP contribution in [0.2, 0.25) is 0 Å². The highest BCUT2D eigenvalue weighted by Gasteiger charge is 2.13. The normalized spacial score (nSPS) is 16.5. The van der Waals surface area contributed by atoms with Crippen molar-refractivity contribution < 1.29 is 22.6 Å². The molecule has 2 nitrogen and oxygen atoms in total. The average molecular weight is 489 g/mol. The van der Waals surface area contributed by atoms with Crippen LogP contribution in [0.3, 0.4) is 0 Å². The molecule has 0 atom stereocenters. The Morgan fingerprint density at radius 1 is 0.571 bits per heavy atom. The van der Waals surface area contributed by atoms with E-state index in [4.69, 9.17) is 9.47 Å². The van der Waals surface area contributed by atoms with Gasteiger partial charge in [0.15, 0.2) is 6.29 Å². The SMILES string of the molecule is CC1COC(C)OC1.Cc1cc(F)c(C)c(F)c1.Cc1ccc(C)c(F)c1.Cc1ccc(C)cc1. The Balaban J connectivity index is 0.000000234. The van der Waals surface area contributed by atoms with Crippen molar-refractivity contribution in [1.82, 2.24) is 0 Å². The second-order valence-electron chi connectivity index (χ2n) is 9.10. The van der Waals surface area contributed by atoms with Crippen molar-refractivity contribution >= 4 is 0 Å². The minimum absolute atomic E-state index is 0.0196. The summed E-state index contributed by atoms with van der Waals surface area (Å²) in [5.74, 6) is -0.490. The lowest BCUT2D eigenvalue weighted by Gasteiger charge is -2.24. The molecule has 0 spiro atoms. The van der Waals surface area contributed by atoms with Crippen LogP contribution in [0.1, 0.15) is 47.2 Å². The maximum Gasteiger partial charge on any atom is 0.154 e. The summed E-state index contributed by atoms with van der Waals surface area (Å²) < 4.78 is 48.1. The Hall–Kier alpha value is -2.63.